The number of hydrogen-bond acceptors (Lipinski definition) is 2. The molecule has 0 amide bonds. The minimum atomic E-state index is -0.659. The maximum Gasteiger partial charge on any atom is 0.303 e. The summed E-state index contributed by atoms with van der Waals surface area (Å²) in [5.41, 5.74) is 0. The maximum absolute atomic E-state index is 10.2. The summed E-state index contributed by atoms with van der Waals surface area (Å²) >= 11 is 0. The van der Waals surface area contributed by atoms with Crippen LogP contribution in [-0.2, 0) is 4.79 Å². The summed E-state index contributed by atoms with van der Waals surface area (Å²) in [5.74, 6) is 0.270. The Morgan fingerprint density at radius 2 is 1.03 bits per heavy atom. The van der Waals surface area contributed by atoms with Gasteiger partial charge in [-0.3, -0.25) is 4.79 Å². The molecule has 0 aliphatic rings. The van der Waals surface area contributed by atoms with Gasteiger partial charge in [0.25, 0.3) is 0 Å². The molecule has 0 spiro atoms. The van der Waals surface area contributed by atoms with E-state index in [9.17, 15) is 4.79 Å². The summed E-state index contributed by atoms with van der Waals surface area (Å²) in [6, 6.07) is 0. The van der Waals surface area contributed by atoms with Crippen molar-refractivity contribution in [2.75, 3.05) is 6.61 Å². The van der Waals surface area contributed by atoms with Crippen LogP contribution in [0.15, 0.2) is 0 Å². The second-order valence-electron chi connectivity index (χ2n) is 9.18. The molecule has 0 aliphatic heterocycles. The fraction of sp³-hybridized carbons (Fsp3) is 0.963. The van der Waals surface area contributed by atoms with Gasteiger partial charge in [-0.1, -0.05) is 136 Å². The highest BCUT2D eigenvalue weighted by Crippen LogP contribution is 2.15. The molecule has 1 unspecified atom stereocenters. The van der Waals surface area contributed by atoms with Gasteiger partial charge < -0.3 is 10.2 Å². The van der Waals surface area contributed by atoms with Crippen molar-refractivity contribution in [2.24, 2.45) is 5.92 Å². The molecule has 3 heteroatoms. The van der Waals surface area contributed by atoms with Crippen molar-refractivity contribution in [3.63, 3.8) is 0 Å². The Kier molecular flexibility index (Phi) is 30.0. The first kappa shape index (κ1) is 31.6. The van der Waals surface area contributed by atoms with E-state index in [-0.39, 0.29) is 0 Å². The number of unbranched alkanes of at least 4 members (excludes halogenated alkanes) is 16. The Bertz CT molecular complexity index is 317. The third-order valence-electron chi connectivity index (χ3n) is 6.05. The Labute approximate surface area is 189 Å². The van der Waals surface area contributed by atoms with Crippen molar-refractivity contribution < 1.29 is 15.0 Å². The summed E-state index contributed by atoms with van der Waals surface area (Å²) in [6.45, 7) is 7.25. The van der Waals surface area contributed by atoms with Gasteiger partial charge in [0, 0.05) is 13.0 Å². The number of carboxylic acids is 1. The molecule has 2 N–H and O–H groups in total. The van der Waals surface area contributed by atoms with Crippen LogP contribution in [0.1, 0.15) is 156 Å². The highest BCUT2D eigenvalue weighted by atomic mass is 16.4. The third-order valence-corrected chi connectivity index (χ3v) is 6.05. The van der Waals surface area contributed by atoms with E-state index >= 15 is 0 Å². The molecule has 0 radical (unpaired) electrons. The van der Waals surface area contributed by atoms with E-state index in [1.165, 1.54) is 109 Å². The highest BCUT2D eigenvalue weighted by molar-refractivity contribution is 5.66. The molecule has 1 atom stereocenters. The molecule has 182 valence electrons. The zero-order valence-electron chi connectivity index (χ0n) is 20.9. The van der Waals surface area contributed by atoms with Crippen LogP contribution in [-0.4, -0.2) is 22.8 Å². The molecule has 0 rings (SSSR count). The fourth-order valence-corrected chi connectivity index (χ4v) is 3.63. The van der Waals surface area contributed by atoms with Crippen molar-refractivity contribution in [1.82, 2.24) is 0 Å². The molecular weight excluding hydrogens is 372 g/mol. The number of carbonyl (C=O) groups is 1. The molecule has 3 nitrogen and oxygen atoms in total. The summed E-state index contributed by atoms with van der Waals surface area (Å²) in [5, 5.41) is 17.0. The quantitative estimate of drug-likeness (QED) is 0.169. The van der Waals surface area contributed by atoms with E-state index in [0.29, 0.717) is 13.0 Å². The van der Waals surface area contributed by atoms with Crippen LogP contribution in [0, 0.1) is 5.92 Å². The molecule has 30 heavy (non-hydrogen) atoms. The number of rotatable bonds is 22. The van der Waals surface area contributed by atoms with E-state index in [0.717, 1.165) is 25.2 Å². The van der Waals surface area contributed by atoms with Gasteiger partial charge in [0.2, 0.25) is 0 Å². The van der Waals surface area contributed by atoms with Crippen molar-refractivity contribution in [3.05, 3.63) is 0 Å². The number of hydrogen-bond donors (Lipinski definition) is 2. The minimum Gasteiger partial charge on any atom is -0.481 e. The summed E-state index contributed by atoms with van der Waals surface area (Å²) < 4.78 is 0. The summed E-state index contributed by atoms with van der Waals surface area (Å²) in [4.78, 5) is 10.2. The number of aliphatic hydroxyl groups is 1. The van der Waals surface area contributed by atoms with E-state index < -0.39 is 5.97 Å². The van der Waals surface area contributed by atoms with Crippen LogP contribution in [0.2, 0.25) is 0 Å². The minimum absolute atomic E-state index is 0.343. The Balaban J connectivity index is 0. The number of carboxylic acid groups (broad SMARTS) is 1. The van der Waals surface area contributed by atoms with E-state index in [1.54, 1.807) is 0 Å². The Hall–Kier alpha value is -0.570. The molecule has 0 aromatic rings. The second kappa shape index (κ2) is 28.4. The van der Waals surface area contributed by atoms with Gasteiger partial charge in [-0.05, 0) is 18.8 Å². The highest BCUT2D eigenvalue weighted by Gasteiger charge is 1.98. The van der Waals surface area contributed by atoms with E-state index in [1.807, 2.05) is 0 Å². The van der Waals surface area contributed by atoms with Crippen LogP contribution >= 0.6 is 0 Å². The largest absolute Gasteiger partial charge is 0.481 e. The van der Waals surface area contributed by atoms with Crippen molar-refractivity contribution >= 4 is 5.97 Å². The standard InChI is InChI=1S/C15H32O.C12H24O2/c1-3-15(2)13-11-9-7-5-4-6-8-10-12-14-16;1-2-3-4-5-6-7-8-9-10-11-12(13)14/h15-16H,3-14H2,1-2H3;2-11H2,1H3,(H,13,14). The molecule has 0 saturated heterocycles. The normalized spacial score (nSPS) is 11.7. The van der Waals surface area contributed by atoms with Crippen molar-refractivity contribution in [2.45, 2.75) is 156 Å². The molecule has 0 saturated carbocycles. The predicted molar refractivity (Wildman–Crippen MR) is 132 cm³/mol. The van der Waals surface area contributed by atoms with Crippen LogP contribution in [0.4, 0.5) is 0 Å². The lowest BCUT2D eigenvalue weighted by atomic mass is 9.99. The SMILES string of the molecule is CCC(C)CCCCCCCCCCCO.CCCCCCCCCCCC(=O)O. The fourth-order valence-electron chi connectivity index (χ4n) is 3.63. The predicted octanol–water partition coefficient (Wildman–Crippen LogP) is 8.92. The van der Waals surface area contributed by atoms with Gasteiger partial charge in [-0.15, -0.1) is 0 Å². The van der Waals surface area contributed by atoms with Gasteiger partial charge in [0.1, 0.15) is 0 Å². The van der Waals surface area contributed by atoms with Crippen LogP contribution < -0.4 is 0 Å². The number of aliphatic hydroxyl groups excluding tert-OH is 1. The first-order valence-electron chi connectivity index (χ1n) is 13.4. The zero-order chi connectivity index (χ0) is 22.7. The van der Waals surface area contributed by atoms with Gasteiger partial charge >= 0.3 is 5.97 Å². The lowest BCUT2D eigenvalue weighted by molar-refractivity contribution is -0.137. The average molecular weight is 429 g/mol. The maximum atomic E-state index is 10.2. The Morgan fingerprint density at radius 3 is 1.43 bits per heavy atom. The molecule has 0 fully saturated rings. The molecule has 0 aromatic heterocycles. The second-order valence-corrected chi connectivity index (χ2v) is 9.18. The molecule has 0 heterocycles. The third kappa shape index (κ3) is 32.1. The van der Waals surface area contributed by atoms with Crippen LogP contribution in [0.3, 0.4) is 0 Å². The van der Waals surface area contributed by atoms with Gasteiger partial charge in [0.15, 0.2) is 0 Å². The first-order chi connectivity index (χ1) is 14.6. The van der Waals surface area contributed by atoms with Gasteiger partial charge in [-0.25, -0.2) is 0 Å². The smallest absolute Gasteiger partial charge is 0.303 e. The molecule has 0 aliphatic carbocycles. The number of aliphatic carboxylic acids is 1. The van der Waals surface area contributed by atoms with E-state index in [4.69, 9.17) is 10.2 Å². The molecule has 0 bridgehead atoms. The average Bonchev–Trinajstić information content (AvgIpc) is 2.74. The summed E-state index contributed by atoms with van der Waals surface area (Å²) in [6.07, 6.45) is 26.2. The monoisotopic (exact) mass is 428 g/mol. The van der Waals surface area contributed by atoms with E-state index in [2.05, 4.69) is 20.8 Å². The van der Waals surface area contributed by atoms with Crippen molar-refractivity contribution in [1.29, 1.82) is 0 Å². The van der Waals surface area contributed by atoms with Crippen LogP contribution in [0.5, 0.6) is 0 Å². The first-order valence-corrected chi connectivity index (χ1v) is 13.4. The summed E-state index contributed by atoms with van der Waals surface area (Å²) in [7, 11) is 0. The lowest BCUT2D eigenvalue weighted by Crippen LogP contribution is -1.93. The lowest BCUT2D eigenvalue weighted by Gasteiger charge is -2.07. The zero-order valence-corrected chi connectivity index (χ0v) is 20.9. The van der Waals surface area contributed by atoms with Gasteiger partial charge in [0.05, 0.1) is 0 Å². The molecule has 0 aromatic carbocycles. The van der Waals surface area contributed by atoms with Crippen molar-refractivity contribution in [3.8, 4) is 0 Å². The van der Waals surface area contributed by atoms with Crippen LogP contribution in [0.25, 0.3) is 0 Å². The molecular formula is C27H56O3. The Morgan fingerprint density at radius 1 is 0.633 bits per heavy atom. The van der Waals surface area contributed by atoms with Gasteiger partial charge in [-0.2, -0.15) is 0 Å². The topological polar surface area (TPSA) is 57.5 Å².